The minimum Gasteiger partial charge on any atom is -0.488 e. The molecule has 0 aromatic heterocycles. The van der Waals surface area contributed by atoms with Gasteiger partial charge in [-0.3, -0.25) is 0 Å². The van der Waals surface area contributed by atoms with Gasteiger partial charge in [0.25, 0.3) is 0 Å². The molecule has 0 aliphatic heterocycles. The Morgan fingerprint density at radius 2 is 2.31 bits per heavy atom. The Bertz CT molecular complexity index is 323. The number of hydrogen-bond donors (Lipinski definition) is 0. The van der Waals surface area contributed by atoms with Gasteiger partial charge in [0.05, 0.1) is 5.02 Å². The van der Waals surface area contributed by atoms with Crippen molar-refractivity contribution in [1.29, 1.82) is 0 Å². The quantitative estimate of drug-likeness (QED) is 0.746. The molecule has 0 aliphatic carbocycles. The molecule has 1 rings (SSSR count). The lowest BCUT2D eigenvalue weighted by Crippen LogP contribution is -1.97. The molecule has 0 amide bonds. The summed E-state index contributed by atoms with van der Waals surface area (Å²) in [7, 11) is 0. The Morgan fingerprint density at radius 3 is 2.92 bits per heavy atom. The average molecular weight is 262 g/mol. The zero-order chi connectivity index (χ0) is 9.84. The second kappa shape index (κ2) is 4.68. The highest BCUT2D eigenvalue weighted by atomic mass is 79.9. The topological polar surface area (TPSA) is 9.23 Å². The number of benzene rings is 1. The van der Waals surface area contributed by atoms with Crippen LogP contribution in [0, 0.1) is 0 Å². The lowest BCUT2D eigenvalue weighted by molar-refractivity contribution is 0.352. The van der Waals surface area contributed by atoms with Crippen molar-refractivity contribution in [3.05, 3.63) is 39.8 Å². The van der Waals surface area contributed by atoms with Crippen LogP contribution in [-0.4, -0.2) is 6.61 Å². The lowest BCUT2D eigenvalue weighted by atomic mass is 10.3. The van der Waals surface area contributed by atoms with Crippen molar-refractivity contribution in [1.82, 2.24) is 0 Å². The van der Waals surface area contributed by atoms with Crippen LogP contribution in [0.3, 0.4) is 0 Å². The second-order valence-corrected chi connectivity index (χ2v) is 4.03. The van der Waals surface area contributed by atoms with E-state index in [4.69, 9.17) is 16.3 Å². The van der Waals surface area contributed by atoms with Crippen molar-refractivity contribution in [3.8, 4) is 5.75 Å². The summed E-state index contributed by atoms with van der Waals surface area (Å²) >= 11 is 9.29. The van der Waals surface area contributed by atoms with E-state index >= 15 is 0 Å². The van der Waals surface area contributed by atoms with Crippen molar-refractivity contribution < 1.29 is 4.74 Å². The molecule has 1 aromatic carbocycles. The Balaban J connectivity index is 2.77. The minimum absolute atomic E-state index is 0.496. The highest BCUT2D eigenvalue weighted by molar-refractivity contribution is 9.10. The van der Waals surface area contributed by atoms with Gasteiger partial charge in [0, 0.05) is 4.47 Å². The molecule has 0 radical (unpaired) electrons. The van der Waals surface area contributed by atoms with Crippen molar-refractivity contribution >= 4 is 27.5 Å². The van der Waals surface area contributed by atoms with Crippen LogP contribution in [-0.2, 0) is 0 Å². The molecule has 0 unspecified atom stereocenters. The maximum absolute atomic E-state index is 5.98. The van der Waals surface area contributed by atoms with Crippen LogP contribution in [0.2, 0.25) is 5.02 Å². The van der Waals surface area contributed by atoms with Crippen molar-refractivity contribution in [2.24, 2.45) is 0 Å². The molecule has 0 fully saturated rings. The number of hydrogen-bond acceptors (Lipinski definition) is 1. The highest BCUT2D eigenvalue weighted by Crippen LogP contribution is 2.31. The molecule has 3 heteroatoms. The first kappa shape index (κ1) is 10.6. The standard InChI is InChI=1S/C10H10BrClO/c1-7(2)6-13-9-5-3-4-8(11)10(9)12/h3-5H,1,6H2,2H3. The summed E-state index contributed by atoms with van der Waals surface area (Å²) in [5, 5.41) is 0.601. The SMILES string of the molecule is C=C(C)COc1cccc(Br)c1Cl. The molecular weight excluding hydrogens is 251 g/mol. The van der Waals surface area contributed by atoms with Crippen LogP contribution >= 0.6 is 27.5 Å². The van der Waals surface area contributed by atoms with E-state index in [1.54, 1.807) is 0 Å². The molecule has 0 spiro atoms. The fourth-order valence-electron chi connectivity index (χ4n) is 0.796. The van der Waals surface area contributed by atoms with Gasteiger partial charge in [-0.25, -0.2) is 0 Å². The monoisotopic (exact) mass is 260 g/mol. The van der Waals surface area contributed by atoms with Gasteiger partial charge >= 0.3 is 0 Å². The fraction of sp³-hybridized carbons (Fsp3) is 0.200. The first-order valence-corrected chi connectivity index (χ1v) is 4.99. The number of ether oxygens (including phenoxy) is 1. The zero-order valence-electron chi connectivity index (χ0n) is 7.31. The van der Waals surface area contributed by atoms with Crippen LogP contribution in [0.5, 0.6) is 5.75 Å². The van der Waals surface area contributed by atoms with E-state index in [9.17, 15) is 0 Å². The molecule has 1 nitrogen and oxygen atoms in total. The third-order valence-electron chi connectivity index (χ3n) is 1.39. The van der Waals surface area contributed by atoms with E-state index in [2.05, 4.69) is 22.5 Å². The van der Waals surface area contributed by atoms with Gasteiger partial charge in [0.2, 0.25) is 0 Å². The average Bonchev–Trinajstić information content (AvgIpc) is 2.07. The molecule has 0 saturated carbocycles. The van der Waals surface area contributed by atoms with Crippen molar-refractivity contribution in [3.63, 3.8) is 0 Å². The van der Waals surface area contributed by atoms with Crippen molar-refractivity contribution in [2.75, 3.05) is 6.61 Å². The van der Waals surface area contributed by atoms with E-state index < -0.39 is 0 Å². The summed E-state index contributed by atoms with van der Waals surface area (Å²) in [4.78, 5) is 0. The molecule has 0 heterocycles. The van der Waals surface area contributed by atoms with Gasteiger partial charge < -0.3 is 4.74 Å². The second-order valence-electron chi connectivity index (χ2n) is 2.80. The molecule has 13 heavy (non-hydrogen) atoms. The van der Waals surface area contributed by atoms with E-state index in [0.29, 0.717) is 17.4 Å². The third-order valence-corrected chi connectivity index (χ3v) is 2.67. The Morgan fingerprint density at radius 1 is 1.62 bits per heavy atom. The van der Waals surface area contributed by atoms with Crippen molar-refractivity contribution in [2.45, 2.75) is 6.92 Å². The van der Waals surface area contributed by atoms with Crippen LogP contribution in [0.4, 0.5) is 0 Å². The molecule has 0 atom stereocenters. The minimum atomic E-state index is 0.496. The molecule has 0 bridgehead atoms. The highest BCUT2D eigenvalue weighted by Gasteiger charge is 2.03. The fourth-order valence-corrected chi connectivity index (χ4v) is 1.32. The molecule has 70 valence electrons. The van der Waals surface area contributed by atoms with Gasteiger partial charge in [-0.2, -0.15) is 0 Å². The third kappa shape index (κ3) is 3.05. The molecule has 1 aromatic rings. The largest absolute Gasteiger partial charge is 0.488 e. The Labute approximate surface area is 91.5 Å². The smallest absolute Gasteiger partial charge is 0.139 e. The van der Waals surface area contributed by atoms with Crippen LogP contribution in [0.15, 0.2) is 34.8 Å². The number of rotatable bonds is 3. The Kier molecular flexibility index (Phi) is 3.82. The predicted molar refractivity (Wildman–Crippen MR) is 59.5 cm³/mol. The molecular formula is C10H10BrClO. The predicted octanol–water partition coefficient (Wildman–Crippen LogP) is 4.06. The van der Waals surface area contributed by atoms with Gasteiger partial charge in [-0.15, -0.1) is 0 Å². The summed E-state index contributed by atoms with van der Waals surface area (Å²) < 4.78 is 6.26. The molecule has 0 aliphatic rings. The normalized spacial score (nSPS) is 9.77. The van der Waals surface area contributed by atoms with E-state index in [1.165, 1.54) is 0 Å². The summed E-state index contributed by atoms with van der Waals surface area (Å²) in [6.07, 6.45) is 0. The molecule has 0 N–H and O–H groups in total. The van der Waals surface area contributed by atoms with Gasteiger partial charge in [-0.1, -0.05) is 24.2 Å². The first-order valence-electron chi connectivity index (χ1n) is 3.82. The van der Waals surface area contributed by atoms with E-state index in [-0.39, 0.29) is 0 Å². The summed E-state index contributed by atoms with van der Waals surface area (Å²) in [5.41, 5.74) is 0.969. The maximum atomic E-state index is 5.98. The summed E-state index contributed by atoms with van der Waals surface area (Å²) in [6.45, 7) is 6.15. The lowest BCUT2D eigenvalue weighted by Gasteiger charge is -2.08. The van der Waals surface area contributed by atoms with Crippen LogP contribution in [0.25, 0.3) is 0 Å². The van der Waals surface area contributed by atoms with E-state index in [1.807, 2.05) is 25.1 Å². The molecule has 0 saturated heterocycles. The zero-order valence-corrected chi connectivity index (χ0v) is 9.65. The Hall–Kier alpha value is -0.470. The van der Waals surface area contributed by atoms with E-state index in [0.717, 1.165) is 10.0 Å². The summed E-state index contributed by atoms with van der Waals surface area (Å²) in [5.74, 6) is 0.680. The van der Waals surface area contributed by atoms with Gasteiger partial charge in [-0.05, 0) is 40.6 Å². The van der Waals surface area contributed by atoms with Gasteiger partial charge in [0.1, 0.15) is 12.4 Å². The first-order chi connectivity index (χ1) is 6.11. The maximum Gasteiger partial charge on any atom is 0.139 e. The van der Waals surface area contributed by atoms with Crippen LogP contribution < -0.4 is 4.74 Å². The van der Waals surface area contributed by atoms with Crippen LogP contribution in [0.1, 0.15) is 6.92 Å². The number of halogens is 2. The van der Waals surface area contributed by atoms with Gasteiger partial charge in [0.15, 0.2) is 0 Å². The summed E-state index contributed by atoms with van der Waals surface area (Å²) in [6, 6.07) is 5.58.